The number of benzene rings is 1. The molecule has 0 heterocycles. The van der Waals surface area contributed by atoms with Gasteiger partial charge in [0.05, 0.1) is 11.3 Å². The Bertz CT molecular complexity index is 514. The molecule has 1 aromatic rings. The van der Waals surface area contributed by atoms with Crippen LogP contribution in [-0.4, -0.2) is 28.1 Å². The van der Waals surface area contributed by atoms with Crippen LogP contribution >= 0.6 is 0 Å². The predicted molar refractivity (Wildman–Crippen MR) is 80.4 cm³/mol. The molecule has 1 amide bonds. The summed E-state index contributed by atoms with van der Waals surface area (Å²) in [6, 6.07) is 3.88. The number of carboxylic acid groups (broad SMARTS) is 1. The molecular weight excluding hydrogens is 272 g/mol. The number of carboxylic acids is 1. The third-order valence-electron chi connectivity index (χ3n) is 3.25. The number of phenols is 1. The van der Waals surface area contributed by atoms with Crippen molar-refractivity contribution in [3.63, 3.8) is 0 Å². The van der Waals surface area contributed by atoms with Gasteiger partial charge in [-0.3, -0.25) is 4.79 Å². The molecule has 6 nitrogen and oxygen atoms in total. The highest BCUT2D eigenvalue weighted by molar-refractivity contribution is 5.96. The van der Waals surface area contributed by atoms with E-state index in [2.05, 4.69) is 5.32 Å². The lowest BCUT2D eigenvalue weighted by Gasteiger charge is -2.14. The molecule has 0 spiro atoms. The topological polar surface area (TPSA) is 113 Å². The van der Waals surface area contributed by atoms with Crippen LogP contribution in [0.2, 0.25) is 0 Å². The molecule has 0 radical (unpaired) electrons. The first-order chi connectivity index (χ1) is 9.81. The van der Waals surface area contributed by atoms with Crippen LogP contribution in [0.3, 0.4) is 0 Å². The summed E-state index contributed by atoms with van der Waals surface area (Å²) in [6.07, 6.45) is 2.37. The van der Waals surface area contributed by atoms with Crippen molar-refractivity contribution in [3.05, 3.63) is 23.8 Å². The number of anilines is 1. The van der Waals surface area contributed by atoms with Gasteiger partial charge in [-0.1, -0.05) is 13.3 Å². The fourth-order valence-corrected chi connectivity index (χ4v) is 1.90. The first-order valence-corrected chi connectivity index (χ1v) is 6.94. The Labute approximate surface area is 124 Å². The van der Waals surface area contributed by atoms with Gasteiger partial charge in [0.1, 0.15) is 5.75 Å². The number of aromatic carboxylic acids is 1. The van der Waals surface area contributed by atoms with Crippen molar-refractivity contribution in [2.24, 2.45) is 11.7 Å². The second-order valence-electron chi connectivity index (χ2n) is 5.34. The zero-order valence-electron chi connectivity index (χ0n) is 12.3. The molecule has 0 aromatic heterocycles. The van der Waals surface area contributed by atoms with E-state index in [-0.39, 0.29) is 34.9 Å². The molecule has 0 fully saturated rings. The largest absolute Gasteiger partial charge is 0.506 e. The summed E-state index contributed by atoms with van der Waals surface area (Å²) in [5, 5.41) is 21.1. The van der Waals surface area contributed by atoms with Crippen molar-refractivity contribution >= 4 is 17.6 Å². The predicted octanol–water partition coefficient (Wildman–Crippen LogP) is 2.18. The summed E-state index contributed by atoms with van der Waals surface area (Å²) in [5.41, 5.74) is 5.77. The maximum absolute atomic E-state index is 12.0. The summed E-state index contributed by atoms with van der Waals surface area (Å²) < 4.78 is 0. The summed E-state index contributed by atoms with van der Waals surface area (Å²) >= 11 is 0. The lowest BCUT2D eigenvalue weighted by molar-refractivity contribution is -0.119. The van der Waals surface area contributed by atoms with E-state index in [1.165, 1.54) is 18.2 Å². The monoisotopic (exact) mass is 294 g/mol. The molecule has 0 bridgehead atoms. The Balaban J connectivity index is 2.65. The molecule has 0 aliphatic heterocycles. The SMILES string of the molecule is CC(N)CCCC(C)C(=O)Nc1cc(C(=O)O)ccc1O. The van der Waals surface area contributed by atoms with E-state index >= 15 is 0 Å². The highest BCUT2D eigenvalue weighted by Crippen LogP contribution is 2.25. The molecule has 0 aliphatic rings. The standard InChI is InChI=1S/C15H22N2O4/c1-9(4-3-5-10(2)16)14(19)17-12-8-11(15(20)21)6-7-13(12)18/h6-10,18H,3-5,16H2,1-2H3,(H,17,19)(H,20,21). The van der Waals surface area contributed by atoms with E-state index in [0.29, 0.717) is 6.42 Å². The third-order valence-corrected chi connectivity index (χ3v) is 3.25. The average molecular weight is 294 g/mol. The van der Waals surface area contributed by atoms with Crippen LogP contribution in [0, 0.1) is 5.92 Å². The van der Waals surface area contributed by atoms with Gasteiger partial charge in [-0.2, -0.15) is 0 Å². The molecule has 0 saturated heterocycles. The van der Waals surface area contributed by atoms with Crippen LogP contribution in [0.4, 0.5) is 5.69 Å². The van der Waals surface area contributed by atoms with Crippen LogP contribution in [0.15, 0.2) is 18.2 Å². The molecule has 0 saturated carbocycles. The number of aromatic hydroxyl groups is 1. The van der Waals surface area contributed by atoms with Crippen molar-refractivity contribution in [2.75, 3.05) is 5.32 Å². The number of amides is 1. The molecule has 2 atom stereocenters. The van der Waals surface area contributed by atoms with Gasteiger partial charge >= 0.3 is 5.97 Å². The van der Waals surface area contributed by atoms with Crippen LogP contribution in [-0.2, 0) is 4.79 Å². The van der Waals surface area contributed by atoms with E-state index in [9.17, 15) is 14.7 Å². The maximum Gasteiger partial charge on any atom is 0.335 e. The Morgan fingerprint density at radius 3 is 2.52 bits per heavy atom. The first-order valence-electron chi connectivity index (χ1n) is 6.94. The molecule has 1 rings (SSSR count). The van der Waals surface area contributed by atoms with E-state index in [1.807, 2.05) is 6.92 Å². The normalized spacial score (nSPS) is 13.5. The van der Waals surface area contributed by atoms with Crippen molar-refractivity contribution in [2.45, 2.75) is 39.2 Å². The highest BCUT2D eigenvalue weighted by atomic mass is 16.4. The second kappa shape index (κ2) is 7.64. The second-order valence-corrected chi connectivity index (χ2v) is 5.34. The zero-order chi connectivity index (χ0) is 16.0. The fourth-order valence-electron chi connectivity index (χ4n) is 1.90. The smallest absolute Gasteiger partial charge is 0.335 e. The van der Waals surface area contributed by atoms with E-state index in [4.69, 9.17) is 10.8 Å². The van der Waals surface area contributed by atoms with Gasteiger partial charge in [0.25, 0.3) is 0 Å². The van der Waals surface area contributed by atoms with Crippen molar-refractivity contribution in [3.8, 4) is 5.75 Å². The quantitative estimate of drug-likeness (QED) is 0.576. The average Bonchev–Trinajstić information content (AvgIpc) is 2.40. The Morgan fingerprint density at radius 1 is 1.29 bits per heavy atom. The van der Waals surface area contributed by atoms with Crippen LogP contribution < -0.4 is 11.1 Å². The van der Waals surface area contributed by atoms with Gasteiger partial charge in [-0.05, 0) is 38.0 Å². The van der Waals surface area contributed by atoms with Gasteiger partial charge in [0.2, 0.25) is 5.91 Å². The van der Waals surface area contributed by atoms with Crippen LogP contribution in [0.1, 0.15) is 43.5 Å². The van der Waals surface area contributed by atoms with Crippen molar-refractivity contribution in [1.29, 1.82) is 0 Å². The number of carbonyl (C=O) groups excluding carboxylic acids is 1. The lowest BCUT2D eigenvalue weighted by Crippen LogP contribution is -2.21. The minimum absolute atomic E-state index is 0.00714. The highest BCUT2D eigenvalue weighted by Gasteiger charge is 2.16. The number of nitrogens with two attached hydrogens (primary N) is 1. The number of hydrogen-bond acceptors (Lipinski definition) is 4. The van der Waals surface area contributed by atoms with Gasteiger partial charge in [0, 0.05) is 12.0 Å². The van der Waals surface area contributed by atoms with Crippen LogP contribution in [0.5, 0.6) is 5.75 Å². The first kappa shape index (κ1) is 17.0. The van der Waals surface area contributed by atoms with Gasteiger partial charge in [-0.15, -0.1) is 0 Å². The molecule has 6 heteroatoms. The van der Waals surface area contributed by atoms with E-state index in [1.54, 1.807) is 6.92 Å². The van der Waals surface area contributed by atoms with E-state index < -0.39 is 5.97 Å². The summed E-state index contributed by atoms with van der Waals surface area (Å²) in [4.78, 5) is 22.9. The summed E-state index contributed by atoms with van der Waals surface area (Å²) in [6.45, 7) is 3.70. The molecule has 116 valence electrons. The number of phenolic OH excluding ortho intramolecular Hbond substituents is 1. The molecule has 21 heavy (non-hydrogen) atoms. The van der Waals surface area contributed by atoms with Crippen molar-refractivity contribution in [1.82, 2.24) is 0 Å². The minimum Gasteiger partial charge on any atom is -0.506 e. The maximum atomic E-state index is 12.0. The molecular formula is C15H22N2O4. The Morgan fingerprint density at radius 2 is 1.95 bits per heavy atom. The van der Waals surface area contributed by atoms with Crippen molar-refractivity contribution < 1.29 is 19.8 Å². The van der Waals surface area contributed by atoms with E-state index in [0.717, 1.165) is 12.8 Å². The van der Waals surface area contributed by atoms with Crippen LogP contribution in [0.25, 0.3) is 0 Å². The number of nitrogens with one attached hydrogen (secondary N) is 1. The summed E-state index contributed by atoms with van der Waals surface area (Å²) in [5.74, 6) is -1.76. The number of rotatable bonds is 7. The Kier molecular flexibility index (Phi) is 6.17. The number of carbonyl (C=O) groups is 2. The minimum atomic E-state index is -1.12. The summed E-state index contributed by atoms with van der Waals surface area (Å²) in [7, 11) is 0. The fraction of sp³-hybridized carbons (Fsp3) is 0.467. The van der Waals surface area contributed by atoms with Gasteiger partial charge in [0.15, 0.2) is 0 Å². The molecule has 0 aliphatic carbocycles. The third kappa shape index (κ3) is 5.43. The zero-order valence-corrected chi connectivity index (χ0v) is 12.3. The lowest BCUT2D eigenvalue weighted by atomic mass is 10.0. The molecule has 1 aromatic carbocycles. The van der Waals surface area contributed by atoms with Gasteiger partial charge < -0.3 is 21.3 Å². The Hall–Kier alpha value is -2.08. The molecule has 5 N–H and O–H groups in total. The molecule has 2 unspecified atom stereocenters. The number of hydrogen-bond donors (Lipinski definition) is 4. The van der Waals surface area contributed by atoms with Gasteiger partial charge in [-0.25, -0.2) is 4.79 Å².